The lowest BCUT2D eigenvalue weighted by Crippen LogP contribution is -2.36. The van der Waals surface area contributed by atoms with Crippen molar-refractivity contribution in [2.75, 3.05) is 45.3 Å². The molecule has 2 radical (unpaired) electrons. The molecular weight excluding hydrogens is 295 g/mol. The zero-order chi connectivity index (χ0) is 16.6. The van der Waals surface area contributed by atoms with E-state index in [-0.39, 0.29) is 16.8 Å². The molecule has 0 bridgehead atoms. The Balaban J connectivity index is 2.11. The summed E-state index contributed by atoms with van der Waals surface area (Å²) in [5, 5.41) is 0.312. The molecule has 6 nitrogen and oxygen atoms in total. The standard InChI is InChI=1S/C16H17BN2O4/c1-18(2)16(21)10-7-11-13(20)9-14(19-3-5-22-6-4-19)23-15(11)12(17)8-10/h7-9H,3-6H2,1-2H3. The summed E-state index contributed by atoms with van der Waals surface area (Å²) >= 11 is 0. The average Bonchev–Trinajstić information content (AvgIpc) is 2.55. The highest BCUT2D eigenvalue weighted by atomic mass is 16.5. The van der Waals surface area contributed by atoms with Crippen molar-refractivity contribution < 1.29 is 13.9 Å². The molecule has 0 unspecified atom stereocenters. The molecule has 1 aromatic carbocycles. The smallest absolute Gasteiger partial charge is 0.253 e. The van der Waals surface area contributed by atoms with Crippen LogP contribution in [0.25, 0.3) is 11.0 Å². The van der Waals surface area contributed by atoms with Crippen LogP contribution in [0.3, 0.4) is 0 Å². The second-order valence-corrected chi connectivity index (χ2v) is 5.69. The highest BCUT2D eigenvalue weighted by Gasteiger charge is 2.18. The number of carbonyl (C=O) groups is 1. The Morgan fingerprint density at radius 1 is 1.22 bits per heavy atom. The molecule has 2 aromatic rings. The maximum Gasteiger partial charge on any atom is 0.253 e. The number of anilines is 1. The van der Waals surface area contributed by atoms with Gasteiger partial charge < -0.3 is 19.0 Å². The van der Waals surface area contributed by atoms with Crippen molar-refractivity contribution >= 4 is 36.1 Å². The largest absolute Gasteiger partial charge is 0.441 e. The minimum Gasteiger partial charge on any atom is -0.441 e. The third kappa shape index (κ3) is 2.96. The number of morpholine rings is 1. The molecule has 7 heteroatoms. The van der Waals surface area contributed by atoms with E-state index in [1.165, 1.54) is 23.1 Å². The van der Waals surface area contributed by atoms with Gasteiger partial charge in [0, 0.05) is 38.8 Å². The van der Waals surface area contributed by atoms with E-state index in [1.54, 1.807) is 14.1 Å². The highest BCUT2D eigenvalue weighted by Crippen LogP contribution is 2.20. The fourth-order valence-corrected chi connectivity index (χ4v) is 2.59. The van der Waals surface area contributed by atoms with E-state index in [1.807, 2.05) is 4.90 Å². The molecule has 3 rings (SSSR count). The first kappa shape index (κ1) is 15.6. The Morgan fingerprint density at radius 3 is 2.57 bits per heavy atom. The molecule has 23 heavy (non-hydrogen) atoms. The van der Waals surface area contributed by atoms with E-state index in [0.717, 1.165) is 0 Å². The van der Waals surface area contributed by atoms with Gasteiger partial charge in [-0.05, 0) is 6.07 Å². The second-order valence-electron chi connectivity index (χ2n) is 5.69. The van der Waals surface area contributed by atoms with Gasteiger partial charge in [0.05, 0.1) is 18.6 Å². The van der Waals surface area contributed by atoms with Crippen LogP contribution in [0.5, 0.6) is 0 Å². The summed E-state index contributed by atoms with van der Waals surface area (Å²) in [5.41, 5.74) is 0.744. The Labute approximate surface area is 135 Å². The minimum atomic E-state index is -0.215. The van der Waals surface area contributed by atoms with Gasteiger partial charge in [0.2, 0.25) is 0 Å². The Bertz CT molecular complexity index is 810. The third-order valence-electron chi connectivity index (χ3n) is 3.82. The van der Waals surface area contributed by atoms with Crippen LogP contribution in [0.2, 0.25) is 0 Å². The van der Waals surface area contributed by atoms with Crippen LogP contribution in [0.4, 0.5) is 5.88 Å². The van der Waals surface area contributed by atoms with E-state index in [2.05, 4.69) is 0 Å². The average molecular weight is 312 g/mol. The van der Waals surface area contributed by atoms with Gasteiger partial charge in [-0.25, -0.2) is 0 Å². The predicted octanol–water partition coefficient (Wildman–Crippen LogP) is 0.125. The molecule has 0 spiro atoms. The van der Waals surface area contributed by atoms with Crippen molar-refractivity contribution in [2.24, 2.45) is 0 Å². The number of carbonyl (C=O) groups excluding carboxylic acids is 1. The van der Waals surface area contributed by atoms with Gasteiger partial charge in [0.15, 0.2) is 11.3 Å². The molecule has 0 N–H and O–H groups in total. The van der Waals surface area contributed by atoms with Crippen LogP contribution < -0.4 is 15.8 Å². The fraction of sp³-hybridized carbons (Fsp3) is 0.375. The van der Waals surface area contributed by atoms with Crippen LogP contribution in [-0.4, -0.2) is 59.1 Å². The van der Waals surface area contributed by atoms with Gasteiger partial charge in [-0.1, -0.05) is 11.5 Å². The van der Waals surface area contributed by atoms with Crippen molar-refractivity contribution in [1.29, 1.82) is 0 Å². The number of fused-ring (bicyclic) bond motifs is 1. The van der Waals surface area contributed by atoms with Gasteiger partial charge in [-0.3, -0.25) is 9.59 Å². The molecule has 0 aliphatic carbocycles. The molecule has 1 saturated heterocycles. The SMILES string of the molecule is [B]c1cc(C(=O)N(C)C)cc2c(=O)cc(N3CCOCC3)oc12. The van der Waals surface area contributed by atoms with Gasteiger partial charge >= 0.3 is 0 Å². The summed E-state index contributed by atoms with van der Waals surface area (Å²) in [6, 6.07) is 4.51. The first-order valence-electron chi connectivity index (χ1n) is 7.39. The van der Waals surface area contributed by atoms with Crippen LogP contribution in [0.15, 0.2) is 27.4 Å². The number of hydrogen-bond acceptors (Lipinski definition) is 5. The molecule has 118 valence electrons. The van der Waals surface area contributed by atoms with Crippen molar-refractivity contribution in [2.45, 2.75) is 0 Å². The Hall–Kier alpha value is -2.28. The van der Waals surface area contributed by atoms with Crippen LogP contribution in [0, 0.1) is 0 Å². The lowest BCUT2D eigenvalue weighted by Gasteiger charge is -2.27. The Kier molecular flexibility index (Phi) is 4.13. The zero-order valence-electron chi connectivity index (χ0n) is 13.2. The first-order valence-corrected chi connectivity index (χ1v) is 7.39. The monoisotopic (exact) mass is 312 g/mol. The highest BCUT2D eigenvalue weighted by molar-refractivity contribution is 6.38. The normalized spacial score (nSPS) is 15.0. The zero-order valence-corrected chi connectivity index (χ0v) is 13.2. The number of ether oxygens (including phenoxy) is 1. The first-order chi connectivity index (χ1) is 11.0. The maximum absolute atomic E-state index is 12.4. The molecule has 1 fully saturated rings. The predicted molar refractivity (Wildman–Crippen MR) is 88.9 cm³/mol. The van der Waals surface area contributed by atoms with Crippen molar-refractivity contribution in [3.8, 4) is 0 Å². The number of benzene rings is 1. The summed E-state index contributed by atoms with van der Waals surface area (Å²) in [4.78, 5) is 27.9. The number of amides is 1. The van der Waals surface area contributed by atoms with Crippen LogP contribution in [-0.2, 0) is 4.74 Å². The van der Waals surface area contributed by atoms with Crippen molar-refractivity contribution in [3.63, 3.8) is 0 Å². The van der Waals surface area contributed by atoms with Gasteiger partial charge in [-0.2, -0.15) is 0 Å². The summed E-state index contributed by atoms with van der Waals surface area (Å²) in [7, 11) is 9.31. The molecular formula is C16H17BN2O4. The number of hydrogen-bond donors (Lipinski definition) is 0. The maximum atomic E-state index is 12.4. The molecule has 0 atom stereocenters. The third-order valence-corrected chi connectivity index (χ3v) is 3.82. The second kappa shape index (κ2) is 6.08. The van der Waals surface area contributed by atoms with Crippen LogP contribution in [0.1, 0.15) is 10.4 Å². The molecule has 1 aliphatic rings. The number of rotatable bonds is 2. The topological polar surface area (TPSA) is 63.0 Å². The van der Waals surface area contributed by atoms with Crippen LogP contribution >= 0.6 is 0 Å². The van der Waals surface area contributed by atoms with E-state index in [0.29, 0.717) is 48.7 Å². The lowest BCUT2D eigenvalue weighted by atomic mass is 9.91. The summed E-state index contributed by atoms with van der Waals surface area (Å²) in [5.74, 6) is 0.263. The minimum absolute atomic E-state index is 0.213. The van der Waals surface area contributed by atoms with Gasteiger partial charge in [0.1, 0.15) is 13.4 Å². The molecule has 0 saturated carbocycles. The van der Waals surface area contributed by atoms with Gasteiger partial charge in [0.25, 0.3) is 5.91 Å². The summed E-state index contributed by atoms with van der Waals surface area (Å²) < 4.78 is 11.1. The summed E-state index contributed by atoms with van der Waals surface area (Å²) in [6.45, 7) is 2.50. The molecule has 1 aromatic heterocycles. The van der Waals surface area contributed by atoms with Crippen molar-refractivity contribution in [3.05, 3.63) is 34.0 Å². The fourth-order valence-electron chi connectivity index (χ4n) is 2.59. The van der Waals surface area contributed by atoms with E-state index < -0.39 is 0 Å². The van der Waals surface area contributed by atoms with E-state index >= 15 is 0 Å². The van der Waals surface area contributed by atoms with Gasteiger partial charge in [-0.15, -0.1) is 0 Å². The van der Waals surface area contributed by atoms with E-state index in [4.69, 9.17) is 17.0 Å². The lowest BCUT2D eigenvalue weighted by molar-refractivity contribution is 0.0828. The summed E-state index contributed by atoms with van der Waals surface area (Å²) in [6.07, 6.45) is 0. The molecule has 1 aliphatic heterocycles. The number of nitrogens with zero attached hydrogens (tertiary/aromatic N) is 2. The van der Waals surface area contributed by atoms with E-state index in [9.17, 15) is 9.59 Å². The molecule has 1 amide bonds. The Morgan fingerprint density at radius 2 is 1.91 bits per heavy atom. The van der Waals surface area contributed by atoms with Crippen molar-refractivity contribution in [1.82, 2.24) is 4.90 Å². The quantitative estimate of drug-likeness (QED) is 0.738. The molecule has 2 heterocycles.